The van der Waals surface area contributed by atoms with Crippen LogP contribution >= 0.6 is 0 Å². The summed E-state index contributed by atoms with van der Waals surface area (Å²) in [5.41, 5.74) is -0.899. The summed E-state index contributed by atoms with van der Waals surface area (Å²) in [6.07, 6.45) is -4.50. The van der Waals surface area contributed by atoms with E-state index < -0.39 is 41.3 Å². The zero-order valence-corrected chi connectivity index (χ0v) is 24.1. The lowest BCUT2D eigenvalue weighted by molar-refractivity contribution is -0.138. The Kier molecular flexibility index (Phi) is 8.99. The smallest absolute Gasteiger partial charge is 0.416 e. The molecule has 5 nitrogen and oxygen atoms in total. The molecule has 42 heavy (non-hydrogen) atoms. The van der Waals surface area contributed by atoms with Crippen molar-refractivity contribution in [2.45, 2.75) is 77.1 Å². The standard InChI is InChI=1S/C32H35F5N2O3/c1-17-12-20(33)8-11-28(17)42-29-15-23(19-6-7-19)25(32(35,36)37)14-24(29)30(41)39-21-9-10-26(34)22(13-21)18(2)27(40)16-38-31(3,4)5/h8-15,18-19,27,38,40H,6-7,16H2,1-5H3,(H,39,41). The van der Waals surface area contributed by atoms with Crippen molar-refractivity contribution < 1.29 is 36.6 Å². The van der Waals surface area contributed by atoms with Crippen molar-refractivity contribution >= 4 is 11.6 Å². The number of aliphatic hydroxyl groups excluding tert-OH is 1. The quantitative estimate of drug-likeness (QED) is 0.221. The second-order valence-electron chi connectivity index (χ2n) is 11.9. The van der Waals surface area contributed by atoms with Crippen molar-refractivity contribution in [3.63, 3.8) is 0 Å². The summed E-state index contributed by atoms with van der Waals surface area (Å²) in [4.78, 5) is 13.5. The number of rotatable bonds is 9. The molecule has 3 aromatic rings. The van der Waals surface area contributed by atoms with Crippen LogP contribution < -0.4 is 15.4 Å². The van der Waals surface area contributed by atoms with Crippen LogP contribution in [0.3, 0.4) is 0 Å². The molecule has 0 bridgehead atoms. The molecule has 226 valence electrons. The molecule has 0 saturated heterocycles. The highest BCUT2D eigenvalue weighted by molar-refractivity contribution is 6.06. The van der Waals surface area contributed by atoms with E-state index in [1.807, 2.05) is 20.8 Å². The zero-order chi connectivity index (χ0) is 31.0. The third-order valence-corrected chi connectivity index (χ3v) is 7.24. The first-order valence-corrected chi connectivity index (χ1v) is 13.8. The number of benzene rings is 3. The van der Waals surface area contributed by atoms with Gasteiger partial charge >= 0.3 is 6.18 Å². The Bertz CT molecular complexity index is 1460. The minimum atomic E-state index is -4.72. The van der Waals surface area contributed by atoms with Crippen molar-refractivity contribution in [1.29, 1.82) is 0 Å². The second kappa shape index (κ2) is 12.0. The molecule has 1 fully saturated rings. The van der Waals surface area contributed by atoms with Crippen molar-refractivity contribution in [3.05, 3.63) is 88.0 Å². The molecule has 2 unspecified atom stereocenters. The summed E-state index contributed by atoms with van der Waals surface area (Å²) in [7, 11) is 0. The average molecular weight is 591 g/mol. The van der Waals surface area contributed by atoms with E-state index in [2.05, 4.69) is 10.6 Å². The fourth-order valence-electron chi connectivity index (χ4n) is 4.64. The molecular formula is C32H35F5N2O3. The zero-order valence-electron chi connectivity index (χ0n) is 24.1. The number of anilines is 1. The van der Waals surface area contributed by atoms with Crippen LogP contribution in [-0.2, 0) is 6.18 Å². The van der Waals surface area contributed by atoms with Gasteiger partial charge in [-0.1, -0.05) is 6.92 Å². The molecule has 0 heterocycles. The van der Waals surface area contributed by atoms with Crippen LogP contribution in [-0.4, -0.2) is 29.2 Å². The number of hydrogen-bond acceptors (Lipinski definition) is 4. The highest BCUT2D eigenvalue weighted by atomic mass is 19.4. The third kappa shape index (κ3) is 7.66. The van der Waals surface area contributed by atoms with Crippen LogP contribution in [0.2, 0.25) is 0 Å². The van der Waals surface area contributed by atoms with Gasteiger partial charge in [0.1, 0.15) is 23.1 Å². The predicted octanol–water partition coefficient (Wildman–Crippen LogP) is 8.07. The van der Waals surface area contributed by atoms with Crippen LogP contribution in [0, 0.1) is 18.6 Å². The summed E-state index contributed by atoms with van der Waals surface area (Å²) < 4.78 is 76.6. The second-order valence-corrected chi connectivity index (χ2v) is 11.9. The Labute approximate surface area is 242 Å². The van der Waals surface area contributed by atoms with Crippen molar-refractivity contribution in [1.82, 2.24) is 5.32 Å². The van der Waals surface area contributed by atoms with E-state index in [0.717, 1.165) is 18.2 Å². The number of aliphatic hydroxyl groups is 1. The third-order valence-electron chi connectivity index (χ3n) is 7.24. The van der Waals surface area contributed by atoms with E-state index in [9.17, 15) is 31.9 Å². The molecule has 10 heteroatoms. The Morgan fingerprint density at radius 1 is 1.02 bits per heavy atom. The van der Waals surface area contributed by atoms with E-state index in [-0.39, 0.29) is 51.9 Å². The molecular weight excluding hydrogens is 555 g/mol. The van der Waals surface area contributed by atoms with Crippen LogP contribution in [0.15, 0.2) is 48.5 Å². The van der Waals surface area contributed by atoms with Crippen LogP contribution in [0.5, 0.6) is 11.5 Å². The number of halogens is 5. The average Bonchev–Trinajstić information content (AvgIpc) is 3.74. The van der Waals surface area contributed by atoms with Crippen LogP contribution in [0.25, 0.3) is 0 Å². The van der Waals surface area contributed by atoms with E-state index in [1.165, 1.54) is 30.3 Å². The van der Waals surface area contributed by atoms with Gasteiger partial charge in [0, 0.05) is 23.7 Å². The van der Waals surface area contributed by atoms with Crippen LogP contribution in [0.1, 0.15) is 85.0 Å². The van der Waals surface area contributed by atoms with Gasteiger partial charge in [0.2, 0.25) is 0 Å². The van der Waals surface area contributed by atoms with Crippen molar-refractivity contribution in [3.8, 4) is 11.5 Å². The van der Waals surface area contributed by atoms with Gasteiger partial charge in [-0.25, -0.2) is 8.78 Å². The normalized spacial score (nSPS) is 15.3. The van der Waals surface area contributed by atoms with E-state index >= 15 is 0 Å². The summed E-state index contributed by atoms with van der Waals surface area (Å²) >= 11 is 0. The lowest BCUT2D eigenvalue weighted by Crippen LogP contribution is -2.42. The summed E-state index contributed by atoms with van der Waals surface area (Å²) in [6.45, 7) is 9.20. The highest BCUT2D eigenvalue weighted by Gasteiger charge is 2.40. The van der Waals surface area contributed by atoms with E-state index in [1.54, 1.807) is 13.8 Å². The van der Waals surface area contributed by atoms with E-state index in [0.29, 0.717) is 18.4 Å². The summed E-state index contributed by atoms with van der Waals surface area (Å²) in [5.74, 6) is -2.91. The lowest BCUT2D eigenvalue weighted by atomic mass is 9.93. The first-order chi connectivity index (χ1) is 19.5. The number of hydrogen-bond donors (Lipinski definition) is 3. The Morgan fingerprint density at radius 2 is 1.71 bits per heavy atom. The molecule has 0 aromatic heterocycles. The Hall–Kier alpha value is -3.50. The molecule has 0 radical (unpaired) electrons. The van der Waals surface area contributed by atoms with Gasteiger partial charge in [-0.2, -0.15) is 13.2 Å². The first-order valence-electron chi connectivity index (χ1n) is 13.8. The largest absolute Gasteiger partial charge is 0.456 e. The summed E-state index contributed by atoms with van der Waals surface area (Å²) in [6, 6.07) is 9.48. The number of aryl methyl sites for hydroxylation is 1. The molecule has 1 aliphatic rings. The minimum Gasteiger partial charge on any atom is -0.456 e. The van der Waals surface area contributed by atoms with Crippen LogP contribution in [0.4, 0.5) is 27.6 Å². The maximum absolute atomic E-state index is 14.8. The molecule has 3 N–H and O–H groups in total. The van der Waals surface area contributed by atoms with Crippen molar-refractivity contribution in [2.24, 2.45) is 0 Å². The molecule has 1 amide bonds. The highest BCUT2D eigenvalue weighted by Crippen LogP contribution is 2.48. The molecule has 3 aromatic carbocycles. The predicted molar refractivity (Wildman–Crippen MR) is 151 cm³/mol. The SMILES string of the molecule is Cc1cc(F)ccc1Oc1cc(C2CC2)c(C(F)(F)F)cc1C(=O)Nc1ccc(F)c(C(C)C(O)CNC(C)(C)C)c1. The Morgan fingerprint density at radius 3 is 2.31 bits per heavy atom. The van der Waals surface area contributed by atoms with Gasteiger partial charge in [-0.3, -0.25) is 4.79 Å². The topological polar surface area (TPSA) is 70.6 Å². The summed E-state index contributed by atoms with van der Waals surface area (Å²) in [5, 5.41) is 16.4. The number of alkyl halides is 3. The maximum Gasteiger partial charge on any atom is 0.416 e. The fourth-order valence-corrected chi connectivity index (χ4v) is 4.64. The number of β-amino-alcohol motifs (C(OH)–C–C–N with tert-alkyl or cyclic N) is 1. The number of carbonyl (C=O) groups excluding carboxylic acids is 1. The molecule has 2 atom stereocenters. The van der Waals surface area contributed by atoms with Gasteiger partial charge in [-0.15, -0.1) is 0 Å². The monoisotopic (exact) mass is 590 g/mol. The van der Waals surface area contributed by atoms with E-state index in [4.69, 9.17) is 4.74 Å². The first kappa shape index (κ1) is 31.4. The molecule has 1 saturated carbocycles. The molecule has 0 spiro atoms. The van der Waals surface area contributed by atoms with Crippen molar-refractivity contribution in [2.75, 3.05) is 11.9 Å². The van der Waals surface area contributed by atoms with Gasteiger partial charge in [0.05, 0.1) is 17.2 Å². The molecule has 0 aliphatic heterocycles. The number of amides is 1. The maximum atomic E-state index is 14.8. The minimum absolute atomic E-state index is 0.0320. The molecule has 4 rings (SSSR count). The number of ether oxygens (including phenoxy) is 1. The molecule has 1 aliphatic carbocycles. The Balaban J connectivity index is 1.68. The lowest BCUT2D eigenvalue weighted by Gasteiger charge is -2.26. The van der Waals surface area contributed by atoms with Gasteiger partial charge in [0.15, 0.2) is 0 Å². The number of carbonyl (C=O) groups is 1. The number of nitrogens with one attached hydrogen (secondary N) is 2. The van der Waals surface area contributed by atoms with Gasteiger partial charge in [0.25, 0.3) is 5.91 Å². The fraction of sp³-hybridized carbons (Fsp3) is 0.406. The van der Waals surface area contributed by atoms with Gasteiger partial charge in [-0.05, 0) is 112 Å². The van der Waals surface area contributed by atoms with Gasteiger partial charge < -0.3 is 20.5 Å².